The van der Waals surface area contributed by atoms with Crippen molar-refractivity contribution in [2.24, 2.45) is 5.92 Å². The van der Waals surface area contributed by atoms with Crippen molar-refractivity contribution in [3.8, 4) is 33.8 Å². The van der Waals surface area contributed by atoms with Gasteiger partial charge in [0.25, 0.3) is 0 Å². The van der Waals surface area contributed by atoms with E-state index < -0.39 is 15.7 Å². The summed E-state index contributed by atoms with van der Waals surface area (Å²) in [4.78, 5) is 29.1. The zero-order valence-electron chi connectivity index (χ0n) is 23.1. The van der Waals surface area contributed by atoms with Gasteiger partial charge in [0.1, 0.15) is 26.9 Å². The van der Waals surface area contributed by atoms with Crippen LogP contribution in [0.4, 0.5) is 10.1 Å². The van der Waals surface area contributed by atoms with Gasteiger partial charge >= 0.3 is 0 Å². The van der Waals surface area contributed by atoms with Crippen LogP contribution in [0.1, 0.15) is 18.4 Å². The smallest absolute Gasteiger partial charge is 0.227 e. The summed E-state index contributed by atoms with van der Waals surface area (Å²) < 4.78 is 37.9. The van der Waals surface area contributed by atoms with Crippen LogP contribution in [0.3, 0.4) is 0 Å². The number of pyridine rings is 3. The van der Waals surface area contributed by atoms with E-state index in [2.05, 4.69) is 30.5 Å². The van der Waals surface area contributed by atoms with Crippen LogP contribution in [-0.2, 0) is 21.1 Å². The van der Waals surface area contributed by atoms with E-state index in [1.807, 2.05) is 24.3 Å². The number of nitrogens with one attached hydrogen (secondary N) is 3. The number of fused-ring (bicyclic) bond motifs is 2. The van der Waals surface area contributed by atoms with Gasteiger partial charge in [-0.1, -0.05) is 6.07 Å². The predicted octanol–water partition coefficient (Wildman–Crippen LogP) is 5.30. The Bertz CT molecular complexity index is 2150. The fourth-order valence-electron chi connectivity index (χ4n) is 5.15. The Morgan fingerprint density at radius 2 is 1.84 bits per heavy atom. The molecule has 1 aliphatic rings. The third-order valence-electron chi connectivity index (χ3n) is 7.49. The van der Waals surface area contributed by atoms with E-state index in [1.165, 1.54) is 18.4 Å². The highest BCUT2D eigenvalue weighted by Gasteiger charge is 2.29. The number of aromatic nitrogens is 6. The van der Waals surface area contributed by atoms with Gasteiger partial charge in [0.15, 0.2) is 0 Å². The molecule has 1 fully saturated rings. The highest BCUT2D eigenvalue weighted by molar-refractivity contribution is 7.90. The van der Waals surface area contributed by atoms with E-state index in [1.54, 1.807) is 30.9 Å². The van der Waals surface area contributed by atoms with Crippen LogP contribution in [-0.4, -0.2) is 56.5 Å². The highest BCUT2D eigenvalue weighted by Crippen LogP contribution is 2.35. The van der Waals surface area contributed by atoms with E-state index in [0.29, 0.717) is 45.0 Å². The predicted molar refractivity (Wildman–Crippen MR) is 162 cm³/mol. The van der Waals surface area contributed by atoms with Crippen molar-refractivity contribution in [2.45, 2.75) is 19.3 Å². The molecule has 0 atom stereocenters. The van der Waals surface area contributed by atoms with Gasteiger partial charge in [-0.2, -0.15) is 5.10 Å². The fraction of sp³-hybridized carbons (Fsp3) is 0.194. The van der Waals surface area contributed by atoms with Crippen LogP contribution in [0, 0.1) is 11.7 Å². The number of hydrogen-bond donors (Lipinski definition) is 3. The molecule has 0 saturated heterocycles. The summed E-state index contributed by atoms with van der Waals surface area (Å²) in [5, 5.41) is 11.3. The molecule has 0 spiro atoms. The minimum absolute atomic E-state index is 0.00974. The van der Waals surface area contributed by atoms with E-state index >= 15 is 0 Å². The number of halogens is 1. The van der Waals surface area contributed by atoms with Crippen molar-refractivity contribution in [2.75, 3.05) is 17.3 Å². The highest BCUT2D eigenvalue weighted by atomic mass is 32.2. The number of aromatic amines is 2. The second kappa shape index (κ2) is 10.4. The Hall–Kier alpha value is -4.97. The molecule has 1 amide bonds. The summed E-state index contributed by atoms with van der Waals surface area (Å²) in [6, 6.07) is 12.1. The molecule has 3 N–H and O–H groups in total. The summed E-state index contributed by atoms with van der Waals surface area (Å²) in [5.74, 6) is -0.421. The standard InChI is InChI=1S/C31H26FN7O3S/c1-43(41,42)7-6-17-8-19(10-21(32)9-17)24-15-34-16-28-23(24)12-27(36-28)30-29-26(38-39-30)5-4-25(37-29)20-11-22(14-33-13-20)35-31(40)18-2-3-18/h4-5,8-16,18,36H,2-3,6-7H2,1H3,(H,35,40)(H,38,39). The lowest BCUT2D eigenvalue weighted by atomic mass is 10.0. The lowest BCUT2D eigenvalue weighted by molar-refractivity contribution is -0.117. The van der Waals surface area contributed by atoms with Gasteiger partial charge in [-0.25, -0.2) is 17.8 Å². The molecule has 43 heavy (non-hydrogen) atoms. The van der Waals surface area contributed by atoms with Crippen LogP contribution < -0.4 is 5.32 Å². The molecule has 5 aromatic heterocycles. The Morgan fingerprint density at radius 1 is 1.00 bits per heavy atom. The average molecular weight is 596 g/mol. The van der Waals surface area contributed by atoms with E-state index in [4.69, 9.17) is 4.98 Å². The number of carbonyl (C=O) groups is 1. The third-order valence-corrected chi connectivity index (χ3v) is 8.43. The molecule has 0 aliphatic heterocycles. The van der Waals surface area contributed by atoms with Gasteiger partial charge in [0, 0.05) is 41.1 Å². The number of anilines is 1. The molecular weight excluding hydrogens is 569 g/mol. The van der Waals surface area contributed by atoms with Gasteiger partial charge in [-0.05, 0) is 66.8 Å². The zero-order valence-corrected chi connectivity index (χ0v) is 23.9. The van der Waals surface area contributed by atoms with Crippen LogP contribution in [0.25, 0.3) is 55.7 Å². The van der Waals surface area contributed by atoms with Crippen molar-refractivity contribution < 1.29 is 17.6 Å². The largest absolute Gasteiger partial charge is 0.352 e. The number of carbonyl (C=O) groups excluding carboxylic acids is 1. The number of hydrogen-bond acceptors (Lipinski definition) is 7. The second-order valence-electron chi connectivity index (χ2n) is 11.0. The number of amides is 1. The summed E-state index contributed by atoms with van der Waals surface area (Å²) in [7, 11) is -3.19. The Labute approximate surface area is 245 Å². The molecule has 0 unspecified atom stereocenters. The van der Waals surface area contributed by atoms with E-state index in [0.717, 1.165) is 34.8 Å². The van der Waals surface area contributed by atoms with Gasteiger partial charge in [-0.3, -0.25) is 19.9 Å². The number of H-pyrrole nitrogens is 2. The van der Waals surface area contributed by atoms with Crippen LogP contribution in [0.5, 0.6) is 0 Å². The SMILES string of the molecule is CS(=O)(=O)CCc1cc(F)cc(-c2cncc3[nH]c(-c4n[nH]c5ccc(-c6cncc(NC(=O)C7CC7)c6)nc45)cc23)c1. The lowest BCUT2D eigenvalue weighted by Crippen LogP contribution is -2.13. The maximum Gasteiger partial charge on any atom is 0.227 e. The monoisotopic (exact) mass is 595 g/mol. The minimum Gasteiger partial charge on any atom is -0.352 e. The molecule has 12 heteroatoms. The van der Waals surface area contributed by atoms with Gasteiger partial charge < -0.3 is 10.3 Å². The summed E-state index contributed by atoms with van der Waals surface area (Å²) in [6.45, 7) is 0. The third kappa shape index (κ3) is 5.61. The first kappa shape index (κ1) is 26.9. The minimum atomic E-state index is -3.19. The zero-order chi connectivity index (χ0) is 29.7. The van der Waals surface area contributed by atoms with Crippen LogP contribution >= 0.6 is 0 Å². The van der Waals surface area contributed by atoms with Crippen molar-refractivity contribution in [3.63, 3.8) is 0 Å². The molecular formula is C31H26FN7O3S. The Kier molecular flexibility index (Phi) is 6.50. The average Bonchev–Trinajstić information content (AvgIpc) is 3.61. The number of benzene rings is 1. The molecule has 1 aromatic carbocycles. The molecule has 1 aliphatic carbocycles. The first-order chi connectivity index (χ1) is 20.7. The van der Waals surface area contributed by atoms with Crippen molar-refractivity contribution >= 4 is 43.4 Å². The van der Waals surface area contributed by atoms with E-state index in [9.17, 15) is 17.6 Å². The number of nitrogens with zero attached hydrogens (tertiary/aromatic N) is 4. The van der Waals surface area contributed by atoms with Crippen LogP contribution in [0.2, 0.25) is 0 Å². The van der Waals surface area contributed by atoms with Crippen LogP contribution in [0.15, 0.2) is 67.3 Å². The lowest BCUT2D eigenvalue weighted by Gasteiger charge is -2.07. The number of aryl methyl sites for hydroxylation is 1. The Balaban J connectivity index is 1.25. The molecule has 1 saturated carbocycles. The fourth-order valence-corrected chi connectivity index (χ4v) is 5.75. The summed E-state index contributed by atoms with van der Waals surface area (Å²) in [6.07, 6.45) is 9.88. The molecule has 0 bridgehead atoms. The van der Waals surface area contributed by atoms with Gasteiger partial charge in [-0.15, -0.1) is 0 Å². The summed E-state index contributed by atoms with van der Waals surface area (Å²) in [5.41, 5.74) is 7.33. The molecule has 7 rings (SSSR count). The number of rotatable bonds is 8. The number of sulfone groups is 1. The first-order valence-corrected chi connectivity index (χ1v) is 15.8. The quantitative estimate of drug-likeness (QED) is 0.216. The Morgan fingerprint density at radius 3 is 2.65 bits per heavy atom. The molecule has 6 aromatic rings. The van der Waals surface area contributed by atoms with E-state index in [-0.39, 0.29) is 24.0 Å². The molecule has 0 radical (unpaired) electrons. The van der Waals surface area contributed by atoms with Gasteiger partial charge in [0.05, 0.1) is 46.3 Å². The van der Waals surface area contributed by atoms with Crippen molar-refractivity contribution in [1.29, 1.82) is 0 Å². The topological polar surface area (TPSA) is 146 Å². The molecule has 5 heterocycles. The first-order valence-electron chi connectivity index (χ1n) is 13.8. The molecule has 216 valence electrons. The normalized spacial score (nSPS) is 13.5. The molecule has 10 nitrogen and oxygen atoms in total. The second-order valence-corrected chi connectivity index (χ2v) is 13.2. The summed E-state index contributed by atoms with van der Waals surface area (Å²) >= 11 is 0. The maximum atomic E-state index is 14.6. The van der Waals surface area contributed by atoms with Crippen molar-refractivity contribution in [3.05, 3.63) is 78.6 Å². The maximum absolute atomic E-state index is 14.6. The van der Waals surface area contributed by atoms with Crippen molar-refractivity contribution in [1.82, 2.24) is 30.1 Å². The van der Waals surface area contributed by atoms with Gasteiger partial charge in [0.2, 0.25) is 5.91 Å².